The van der Waals surface area contributed by atoms with Crippen LogP contribution in [0, 0.1) is 35.0 Å². The molecule has 7 aromatic carbocycles. The van der Waals surface area contributed by atoms with Gasteiger partial charge in [-0.05, 0) is 94.3 Å². The van der Waals surface area contributed by atoms with Crippen molar-refractivity contribution in [1.29, 1.82) is 5.26 Å². The zero-order valence-corrected chi connectivity index (χ0v) is 24.4. The molecule has 208 valence electrons. The maximum atomic E-state index is 9.14. The molecule has 7 aromatic rings. The van der Waals surface area contributed by atoms with Crippen molar-refractivity contribution in [1.82, 2.24) is 0 Å². The van der Waals surface area contributed by atoms with Crippen LogP contribution in [0.5, 0.6) is 0 Å². The van der Waals surface area contributed by atoms with Crippen molar-refractivity contribution in [2.45, 2.75) is 0 Å². The van der Waals surface area contributed by atoms with Gasteiger partial charge in [0.05, 0.1) is 11.6 Å². The molecule has 0 aliphatic carbocycles. The molecular formula is C43H26N2. The standard InChI is InChI=1S/C43H26N2/c44-31-34-21-19-32(20-22-34)25-29-42-38-15-7-9-17-40(38)43(41-18-10-8-16-39(41)42)30-26-33-23-27-37(28-24-33)45(35-11-3-1-4-12-35)36-13-5-2-6-14-36/h1-24,27-28H. The Morgan fingerprint density at radius 2 is 0.667 bits per heavy atom. The van der Waals surface area contributed by atoms with Gasteiger partial charge in [0.15, 0.2) is 0 Å². The summed E-state index contributed by atoms with van der Waals surface area (Å²) in [7, 11) is 0. The third-order valence-electron chi connectivity index (χ3n) is 7.76. The maximum Gasteiger partial charge on any atom is 0.0991 e. The molecule has 0 aliphatic rings. The first-order valence-electron chi connectivity index (χ1n) is 14.8. The lowest BCUT2D eigenvalue weighted by Gasteiger charge is -2.25. The number of rotatable bonds is 3. The van der Waals surface area contributed by atoms with Gasteiger partial charge in [0, 0.05) is 39.3 Å². The fourth-order valence-electron chi connectivity index (χ4n) is 5.59. The lowest BCUT2D eigenvalue weighted by atomic mass is 9.92. The average Bonchev–Trinajstić information content (AvgIpc) is 3.11. The Hall–Kier alpha value is -6.53. The summed E-state index contributed by atoms with van der Waals surface area (Å²) in [6.45, 7) is 0. The first-order valence-corrected chi connectivity index (χ1v) is 14.8. The SMILES string of the molecule is N#Cc1ccc(C#Cc2c3ccccc3c(C#Cc3ccc(N(c4ccccc4)c4ccccc4)cc3)c3ccccc23)cc1. The highest BCUT2D eigenvalue weighted by Gasteiger charge is 2.13. The number of anilines is 3. The van der Waals surface area contributed by atoms with Crippen molar-refractivity contribution in [2.75, 3.05) is 4.90 Å². The van der Waals surface area contributed by atoms with Crippen LogP contribution in [0.25, 0.3) is 21.5 Å². The predicted octanol–water partition coefficient (Wildman–Crippen LogP) is 10.1. The minimum atomic E-state index is 0.624. The molecular weight excluding hydrogens is 544 g/mol. The first kappa shape index (κ1) is 27.3. The summed E-state index contributed by atoms with van der Waals surface area (Å²) in [6, 6.07) is 55.4. The van der Waals surface area contributed by atoms with Gasteiger partial charge in [0.1, 0.15) is 0 Å². The Bertz CT molecular complexity index is 2210. The van der Waals surface area contributed by atoms with Crippen LogP contribution >= 0.6 is 0 Å². The fourth-order valence-corrected chi connectivity index (χ4v) is 5.59. The van der Waals surface area contributed by atoms with Gasteiger partial charge >= 0.3 is 0 Å². The van der Waals surface area contributed by atoms with E-state index in [1.807, 2.05) is 36.4 Å². The average molecular weight is 571 g/mol. The number of hydrogen-bond donors (Lipinski definition) is 0. The van der Waals surface area contributed by atoms with Crippen LogP contribution in [0.15, 0.2) is 158 Å². The lowest BCUT2D eigenvalue weighted by Crippen LogP contribution is -2.09. The molecule has 0 fully saturated rings. The second-order valence-corrected chi connectivity index (χ2v) is 10.6. The quantitative estimate of drug-likeness (QED) is 0.156. The molecule has 45 heavy (non-hydrogen) atoms. The molecule has 2 nitrogen and oxygen atoms in total. The highest BCUT2D eigenvalue weighted by molar-refractivity contribution is 6.09. The summed E-state index contributed by atoms with van der Waals surface area (Å²) in [6.07, 6.45) is 0. The van der Waals surface area contributed by atoms with Gasteiger partial charge in [-0.3, -0.25) is 0 Å². The molecule has 0 saturated heterocycles. The number of hydrogen-bond acceptors (Lipinski definition) is 2. The molecule has 0 aromatic heterocycles. The molecule has 0 atom stereocenters. The zero-order valence-electron chi connectivity index (χ0n) is 24.4. The number of nitriles is 1. The Morgan fingerprint density at radius 3 is 1.07 bits per heavy atom. The number of para-hydroxylation sites is 2. The van der Waals surface area contributed by atoms with Crippen molar-refractivity contribution in [3.05, 3.63) is 186 Å². The molecule has 0 amide bonds. The molecule has 0 aliphatic heterocycles. The molecule has 0 bridgehead atoms. The normalized spacial score (nSPS) is 10.3. The van der Waals surface area contributed by atoms with Gasteiger partial charge in [-0.1, -0.05) is 109 Å². The van der Waals surface area contributed by atoms with Crippen molar-refractivity contribution in [3.63, 3.8) is 0 Å². The summed E-state index contributed by atoms with van der Waals surface area (Å²) in [4.78, 5) is 2.25. The summed E-state index contributed by atoms with van der Waals surface area (Å²) in [5, 5.41) is 13.4. The minimum absolute atomic E-state index is 0.624. The van der Waals surface area contributed by atoms with E-state index in [0.717, 1.165) is 60.9 Å². The van der Waals surface area contributed by atoms with Gasteiger partial charge < -0.3 is 4.90 Å². The van der Waals surface area contributed by atoms with Gasteiger partial charge in [0.2, 0.25) is 0 Å². The van der Waals surface area contributed by atoms with Gasteiger partial charge in [0.25, 0.3) is 0 Å². The topological polar surface area (TPSA) is 27.0 Å². The Balaban J connectivity index is 1.29. The van der Waals surface area contributed by atoms with Crippen LogP contribution in [0.2, 0.25) is 0 Å². The van der Waals surface area contributed by atoms with Gasteiger partial charge in [-0.2, -0.15) is 5.26 Å². The van der Waals surface area contributed by atoms with E-state index in [-0.39, 0.29) is 0 Å². The summed E-state index contributed by atoms with van der Waals surface area (Å²) < 4.78 is 0. The highest BCUT2D eigenvalue weighted by atomic mass is 15.1. The summed E-state index contributed by atoms with van der Waals surface area (Å²) in [5.41, 5.74) is 7.67. The first-order chi connectivity index (χ1) is 22.3. The maximum absolute atomic E-state index is 9.14. The molecule has 0 spiro atoms. The Morgan fingerprint density at radius 1 is 0.333 bits per heavy atom. The summed E-state index contributed by atoms with van der Waals surface area (Å²) in [5.74, 6) is 13.7. The molecule has 2 heteroatoms. The summed E-state index contributed by atoms with van der Waals surface area (Å²) >= 11 is 0. The van der Waals surface area contributed by atoms with E-state index in [2.05, 4.69) is 144 Å². The smallest absolute Gasteiger partial charge is 0.0991 e. The van der Waals surface area contributed by atoms with Crippen molar-refractivity contribution >= 4 is 38.6 Å². The van der Waals surface area contributed by atoms with E-state index in [4.69, 9.17) is 5.26 Å². The number of fused-ring (bicyclic) bond motifs is 2. The van der Waals surface area contributed by atoms with E-state index < -0.39 is 0 Å². The van der Waals surface area contributed by atoms with Gasteiger partial charge in [-0.15, -0.1) is 0 Å². The van der Waals surface area contributed by atoms with Crippen molar-refractivity contribution in [2.24, 2.45) is 0 Å². The fraction of sp³-hybridized carbons (Fsp3) is 0. The molecule has 7 rings (SSSR count). The van der Waals surface area contributed by atoms with E-state index in [1.54, 1.807) is 12.1 Å². The van der Waals surface area contributed by atoms with E-state index in [9.17, 15) is 0 Å². The Kier molecular flexibility index (Phi) is 7.51. The van der Waals surface area contributed by atoms with E-state index >= 15 is 0 Å². The van der Waals surface area contributed by atoms with Crippen LogP contribution in [-0.4, -0.2) is 0 Å². The largest absolute Gasteiger partial charge is 0.311 e. The van der Waals surface area contributed by atoms with Gasteiger partial charge in [-0.25, -0.2) is 0 Å². The lowest BCUT2D eigenvalue weighted by molar-refractivity contribution is 1.28. The van der Waals surface area contributed by atoms with Crippen LogP contribution < -0.4 is 4.90 Å². The third kappa shape index (κ3) is 5.63. The monoisotopic (exact) mass is 570 g/mol. The third-order valence-corrected chi connectivity index (χ3v) is 7.76. The zero-order chi connectivity index (χ0) is 30.4. The molecule has 0 heterocycles. The van der Waals surface area contributed by atoms with Crippen LogP contribution in [0.3, 0.4) is 0 Å². The second-order valence-electron chi connectivity index (χ2n) is 10.6. The van der Waals surface area contributed by atoms with Crippen LogP contribution in [-0.2, 0) is 0 Å². The van der Waals surface area contributed by atoms with Crippen LogP contribution in [0.1, 0.15) is 27.8 Å². The van der Waals surface area contributed by atoms with Crippen molar-refractivity contribution < 1.29 is 0 Å². The molecule has 0 radical (unpaired) electrons. The Labute approximate surface area is 263 Å². The predicted molar refractivity (Wildman–Crippen MR) is 186 cm³/mol. The highest BCUT2D eigenvalue weighted by Crippen LogP contribution is 2.35. The number of benzene rings is 7. The molecule has 0 unspecified atom stereocenters. The number of nitrogens with zero attached hydrogens (tertiary/aromatic N) is 2. The van der Waals surface area contributed by atoms with Crippen LogP contribution in [0.4, 0.5) is 17.1 Å². The second kappa shape index (κ2) is 12.4. The van der Waals surface area contributed by atoms with E-state index in [0.29, 0.717) is 5.56 Å². The van der Waals surface area contributed by atoms with Crippen molar-refractivity contribution in [3.8, 4) is 29.8 Å². The minimum Gasteiger partial charge on any atom is -0.311 e. The molecule has 0 N–H and O–H groups in total. The van der Waals surface area contributed by atoms with E-state index in [1.165, 1.54) is 0 Å². The molecule has 0 saturated carbocycles.